The van der Waals surface area contributed by atoms with Gasteiger partial charge in [-0.2, -0.15) is 0 Å². The first kappa shape index (κ1) is 17.3. The molecule has 0 unspecified atom stereocenters. The van der Waals surface area contributed by atoms with E-state index in [0.29, 0.717) is 12.6 Å². The van der Waals surface area contributed by atoms with Crippen molar-refractivity contribution in [3.8, 4) is 0 Å². The lowest BCUT2D eigenvalue weighted by Gasteiger charge is -2.32. The molecule has 126 valence electrons. The molecule has 22 heavy (non-hydrogen) atoms. The first-order valence-corrected chi connectivity index (χ1v) is 8.86. The van der Waals surface area contributed by atoms with Crippen molar-refractivity contribution < 1.29 is 9.59 Å². The standard InChI is InChI=1S/C17H31N3O2/c1-13(2)18-16(21)12-20-10-8-14(9-11-20)17(22)19-15-6-4-3-5-7-15/h13-15H,3-12H2,1-2H3,(H,18,21)(H,19,22). The second-order valence-electron chi connectivity index (χ2n) is 7.12. The second kappa shape index (κ2) is 8.51. The predicted molar refractivity (Wildman–Crippen MR) is 87.5 cm³/mol. The molecule has 0 bridgehead atoms. The van der Waals surface area contributed by atoms with Gasteiger partial charge in [0.15, 0.2) is 0 Å². The van der Waals surface area contributed by atoms with Crippen molar-refractivity contribution in [3.05, 3.63) is 0 Å². The minimum atomic E-state index is 0.0834. The quantitative estimate of drug-likeness (QED) is 0.812. The summed E-state index contributed by atoms with van der Waals surface area (Å²) in [4.78, 5) is 26.3. The van der Waals surface area contributed by atoms with Crippen molar-refractivity contribution in [2.45, 2.75) is 70.9 Å². The van der Waals surface area contributed by atoms with Crippen LogP contribution in [0, 0.1) is 5.92 Å². The Morgan fingerprint density at radius 1 is 1.05 bits per heavy atom. The molecule has 1 saturated heterocycles. The number of piperidine rings is 1. The molecule has 2 N–H and O–H groups in total. The second-order valence-corrected chi connectivity index (χ2v) is 7.12. The summed E-state index contributed by atoms with van der Waals surface area (Å²) in [5.41, 5.74) is 0. The zero-order chi connectivity index (χ0) is 15.9. The molecule has 0 aromatic rings. The summed E-state index contributed by atoms with van der Waals surface area (Å²) < 4.78 is 0. The Kier molecular flexibility index (Phi) is 6.68. The number of carbonyl (C=O) groups is 2. The largest absolute Gasteiger partial charge is 0.353 e. The number of carbonyl (C=O) groups excluding carboxylic acids is 2. The Morgan fingerprint density at radius 3 is 2.27 bits per heavy atom. The minimum Gasteiger partial charge on any atom is -0.353 e. The van der Waals surface area contributed by atoms with Gasteiger partial charge in [0.25, 0.3) is 0 Å². The molecule has 1 saturated carbocycles. The van der Waals surface area contributed by atoms with Crippen LogP contribution < -0.4 is 10.6 Å². The molecule has 5 heteroatoms. The highest BCUT2D eigenvalue weighted by Gasteiger charge is 2.27. The van der Waals surface area contributed by atoms with Gasteiger partial charge < -0.3 is 10.6 Å². The molecule has 2 fully saturated rings. The van der Waals surface area contributed by atoms with E-state index in [1.807, 2.05) is 13.8 Å². The highest BCUT2D eigenvalue weighted by atomic mass is 16.2. The molecular weight excluding hydrogens is 278 g/mol. The predicted octanol–water partition coefficient (Wildman–Crippen LogP) is 1.67. The first-order chi connectivity index (χ1) is 10.5. The molecule has 5 nitrogen and oxygen atoms in total. The van der Waals surface area contributed by atoms with Gasteiger partial charge in [-0.25, -0.2) is 0 Å². The van der Waals surface area contributed by atoms with Crippen molar-refractivity contribution in [2.24, 2.45) is 5.92 Å². The molecular formula is C17H31N3O2. The first-order valence-electron chi connectivity index (χ1n) is 8.86. The maximum Gasteiger partial charge on any atom is 0.234 e. The fraction of sp³-hybridized carbons (Fsp3) is 0.882. The van der Waals surface area contributed by atoms with E-state index < -0.39 is 0 Å². The van der Waals surface area contributed by atoms with Gasteiger partial charge in [0.1, 0.15) is 0 Å². The number of likely N-dealkylation sites (tertiary alicyclic amines) is 1. The smallest absolute Gasteiger partial charge is 0.234 e. The third-order valence-electron chi connectivity index (χ3n) is 4.73. The normalized spacial score (nSPS) is 21.8. The molecule has 2 rings (SSSR count). The average molecular weight is 309 g/mol. The highest BCUT2D eigenvalue weighted by molar-refractivity contribution is 5.79. The Bertz CT molecular complexity index is 370. The Hall–Kier alpha value is -1.10. The topological polar surface area (TPSA) is 61.4 Å². The zero-order valence-corrected chi connectivity index (χ0v) is 14.1. The maximum atomic E-state index is 12.3. The highest BCUT2D eigenvalue weighted by Crippen LogP contribution is 2.21. The summed E-state index contributed by atoms with van der Waals surface area (Å²) in [6.07, 6.45) is 7.81. The van der Waals surface area contributed by atoms with Crippen LogP contribution >= 0.6 is 0 Å². The van der Waals surface area contributed by atoms with Crippen LogP contribution in [0.5, 0.6) is 0 Å². The molecule has 1 aliphatic heterocycles. The fourth-order valence-electron chi connectivity index (χ4n) is 3.49. The lowest BCUT2D eigenvalue weighted by molar-refractivity contribution is -0.127. The Labute approximate surface area is 134 Å². The van der Waals surface area contributed by atoms with Crippen LogP contribution in [0.1, 0.15) is 58.8 Å². The van der Waals surface area contributed by atoms with E-state index in [1.54, 1.807) is 0 Å². The number of hydrogen-bond donors (Lipinski definition) is 2. The summed E-state index contributed by atoms with van der Waals surface area (Å²) in [5.74, 6) is 0.449. The number of hydrogen-bond acceptors (Lipinski definition) is 3. The van der Waals surface area contributed by atoms with Gasteiger partial charge in [0.05, 0.1) is 6.54 Å². The van der Waals surface area contributed by atoms with Crippen molar-refractivity contribution >= 4 is 11.8 Å². The molecule has 2 aliphatic rings. The third-order valence-corrected chi connectivity index (χ3v) is 4.73. The summed E-state index contributed by atoms with van der Waals surface area (Å²) >= 11 is 0. The van der Waals surface area contributed by atoms with Crippen molar-refractivity contribution in [2.75, 3.05) is 19.6 Å². The molecule has 0 aromatic heterocycles. The molecule has 2 amide bonds. The van der Waals surface area contributed by atoms with Gasteiger partial charge >= 0.3 is 0 Å². The number of rotatable bonds is 5. The van der Waals surface area contributed by atoms with Crippen LogP contribution in [0.4, 0.5) is 0 Å². The minimum absolute atomic E-state index is 0.0834. The Balaban J connectivity index is 1.67. The van der Waals surface area contributed by atoms with E-state index in [2.05, 4.69) is 15.5 Å². The van der Waals surface area contributed by atoms with Crippen molar-refractivity contribution in [1.29, 1.82) is 0 Å². The van der Waals surface area contributed by atoms with E-state index in [1.165, 1.54) is 19.3 Å². The van der Waals surface area contributed by atoms with Crippen LogP contribution in [-0.2, 0) is 9.59 Å². The third kappa shape index (κ3) is 5.59. The van der Waals surface area contributed by atoms with Crippen LogP contribution in [0.25, 0.3) is 0 Å². The monoisotopic (exact) mass is 309 g/mol. The van der Waals surface area contributed by atoms with Crippen molar-refractivity contribution in [3.63, 3.8) is 0 Å². The van der Waals surface area contributed by atoms with Gasteiger partial charge in [-0.1, -0.05) is 19.3 Å². The molecule has 0 spiro atoms. The maximum absolute atomic E-state index is 12.3. The molecule has 0 aromatic carbocycles. The van der Waals surface area contributed by atoms with Gasteiger partial charge in [0.2, 0.25) is 11.8 Å². The summed E-state index contributed by atoms with van der Waals surface area (Å²) in [7, 11) is 0. The molecule has 1 aliphatic carbocycles. The zero-order valence-electron chi connectivity index (χ0n) is 14.1. The lowest BCUT2D eigenvalue weighted by Crippen LogP contribution is -2.47. The average Bonchev–Trinajstić information content (AvgIpc) is 2.48. The summed E-state index contributed by atoms with van der Waals surface area (Å²) in [6.45, 7) is 6.08. The number of amides is 2. The van der Waals surface area contributed by atoms with Crippen LogP contribution in [0.3, 0.4) is 0 Å². The number of nitrogens with one attached hydrogen (secondary N) is 2. The van der Waals surface area contributed by atoms with Crippen molar-refractivity contribution in [1.82, 2.24) is 15.5 Å². The SMILES string of the molecule is CC(C)NC(=O)CN1CCC(C(=O)NC2CCCCC2)CC1. The summed E-state index contributed by atoms with van der Waals surface area (Å²) in [6, 6.07) is 0.586. The van der Waals surface area contributed by atoms with Crippen LogP contribution in [-0.4, -0.2) is 48.4 Å². The van der Waals surface area contributed by atoms with Gasteiger partial charge in [-0.05, 0) is 52.6 Å². The summed E-state index contributed by atoms with van der Waals surface area (Å²) in [5, 5.41) is 6.15. The van der Waals surface area contributed by atoms with E-state index in [4.69, 9.17) is 0 Å². The molecule has 1 heterocycles. The van der Waals surface area contributed by atoms with Crippen LogP contribution in [0.2, 0.25) is 0 Å². The van der Waals surface area contributed by atoms with Gasteiger partial charge in [0, 0.05) is 18.0 Å². The number of nitrogens with zero attached hydrogens (tertiary/aromatic N) is 1. The van der Waals surface area contributed by atoms with Gasteiger partial charge in [-0.15, -0.1) is 0 Å². The molecule has 0 atom stereocenters. The van der Waals surface area contributed by atoms with E-state index in [0.717, 1.165) is 38.8 Å². The van der Waals surface area contributed by atoms with Gasteiger partial charge in [-0.3, -0.25) is 14.5 Å². The van der Waals surface area contributed by atoms with Crippen LogP contribution in [0.15, 0.2) is 0 Å². The Morgan fingerprint density at radius 2 is 1.68 bits per heavy atom. The molecule has 0 radical (unpaired) electrons. The fourth-order valence-corrected chi connectivity index (χ4v) is 3.49. The lowest BCUT2D eigenvalue weighted by atomic mass is 9.92. The van der Waals surface area contributed by atoms with E-state index in [-0.39, 0.29) is 23.8 Å². The van der Waals surface area contributed by atoms with E-state index >= 15 is 0 Å². The van der Waals surface area contributed by atoms with E-state index in [9.17, 15) is 9.59 Å².